The number of ether oxygens (including phenoxy) is 1. The van der Waals surface area contributed by atoms with Gasteiger partial charge in [-0.25, -0.2) is 19.9 Å². The van der Waals surface area contributed by atoms with Crippen molar-refractivity contribution in [2.45, 2.75) is 40.3 Å². The van der Waals surface area contributed by atoms with E-state index >= 15 is 0 Å². The van der Waals surface area contributed by atoms with Gasteiger partial charge in [-0.05, 0) is 59.0 Å². The van der Waals surface area contributed by atoms with Crippen molar-refractivity contribution in [1.29, 1.82) is 0 Å². The zero-order valence-corrected chi connectivity index (χ0v) is 21.6. The molecule has 0 saturated heterocycles. The SMILES string of the molecule is CNCCCOc1ccc(Cl)c(-c2nc(-c3c(C)noc3C)c(C)c(N3Cc4cncnc4C3)n2)c1. The number of aryl methyl sites for hydroxylation is 2. The van der Waals surface area contributed by atoms with Crippen LogP contribution < -0.4 is 15.0 Å². The molecule has 0 radical (unpaired) electrons. The van der Waals surface area contributed by atoms with Crippen molar-refractivity contribution < 1.29 is 9.26 Å². The summed E-state index contributed by atoms with van der Waals surface area (Å²) in [5.41, 5.74) is 6.13. The molecule has 3 aromatic heterocycles. The fourth-order valence-corrected chi connectivity index (χ4v) is 4.65. The smallest absolute Gasteiger partial charge is 0.163 e. The lowest BCUT2D eigenvalue weighted by Crippen LogP contribution is -2.19. The Balaban J connectivity index is 1.61. The van der Waals surface area contributed by atoms with E-state index in [0.717, 1.165) is 58.3 Å². The van der Waals surface area contributed by atoms with Crippen LogP contribution in [0.25, 0.3) is 22.6 Å². The van der Waals surface area contributed by atoms with Gasteiger partial charge in [-0.15, -0.1) is 0 Å². The Morgan fingerprint density at radius 2 is 2.03 bits per heavy atom. The second kappa shape index (κ2) is 10.2. The van der Waals surface area contributed by atoms with Gasteiger partial charge in [0.25, 0.3) is 0 Å². The Hall–Kier alpha value is -3.56. The standard InChI is InChI=1S/C26H28ClN7O2/c1-15-24(23-16(2)33-36-17(23)3)31-25(20-10-19(6-7-21(20)27)35-9-5-8-28-4)32-26(15)34-12-18-11-29-14-30-22(18)13-34/h6-7,10-11,14,28H,5,8-9,12-13H2,1-4H3. The number of nitrogens with one attached hydrogen (secondary N) is 1. The highest BCUT2D eigenvalue weighted by Gasteiger charge is 2.27. The normalized spacial score (nSPS) is 12.8. The van der Waals surface area contributed by atoms with Gasteiger partial charge in [0, 0.05) is 29.4 Å². The number of anilines is 1. The monoisotopic (exact) mass is 505 g/mol. The molecule has 4 aromatic rings. The van der Waals surface area contributed by atoms with Crippen LogP contribution in [0.3, 0.4) is 0 Å². The summed E-state index contributed by atoms with van der Waals surface area (Å²) in [7, 11) is 1.93. The molecule has 1 aliphatic rings. The summed E-state index contributed by atoms with van der Waals surface area (Å²) in [5, 5.41) is 7.83. The van der Waals surface area contributed by atoms with Gasteiger partial charge in [-0.1, -0.05) is 16.8 Å². The molecule has 1 N–H and O–H groups in total. The molecule has 0 fully saturated rings. The Kier molecular flexibility index (Phi) is 6.84. The quantitative estimate of drug-likeness (QED) is 0.342. The molecular formula is C26H28ClN7O2. The maximum absolute atomic E-state index is 6.67. The zero-order chi connectivity index (χ0) is 25.2. The summed E-state index contributed by atoms with van der Waals surface area (Å²) in [6, 6.07) is 5.59. The topological polar surface area (TPSA) is 102 Å². The maximum Gasteiger partial charge on any atom is 0.163 e. The van der Waals surface area contributed by atoms with E-state index in [0.29, 0.717) is 41.9 Å². The summed E-state index contributed by atoms with van der Waals surface area (Å²) in [4.78, 5) is 20.8. The predicted octanol–water partition coefficient (Wildman–Crippen LogP) is 4.68. The van der Waals surface area contributed by atoms with Crippen LogP contribution in [0.1, 0.15) is 34.7 Å². The van der Waals surface area contributed by atoms with Crippen molar-refractivity contribution in [2.24, 2.45) is 0 Å². The van der Waals surface area contributed by atoms with Crippen LogP contribution in [0.5, 0.6) is 5.75 Å². The number of halogens is 1. The number of benzene rings is 1. The minimum Gasteiger partial charge on any atom is -0.494 e. The number of hydrogen-bond donors (Lipinski definition) is 1. The summed E-state index contributed by atoms with van der Waals surface area (Å²) < 4.78 is 11.4. The first kappa shape index (κ1) is 24.1. The summed E-state index contributed by atoms with van der Waals surface area (Å²) >= 11 is 6.67. The van der Waals surface area contributed by atoms with Crippen molar-refractivity contribution >= 4 is 17.4 Å². The van der Waals surface area contributed by atoms with Gasteiger partial charge in [0.1, 0.15) is 23.7 Å². The van der Waals surface area contributed by atoms with Gasteiger partial charge in [-0.2, -0.15) is 0 Å². The fourth-order valence-electron chi connectivity index (χ4n) is 4.45. The first-order valence-electron chi connectivity index (χ1n) is 11.9. The van der Waals surface area contributed by atoms with E-state index in [1.807, 2.05) is 52.2 Å². The van der Waals surface area contributed by atoms with Crippen LogP contribution in [-0.4, -0.2) is 45.3 Å². The van der Waals surface area contributed by atoms with Gasteiger partial charge >= 0.3 is 0 Å². The predicted molar refractivity (Wildman–Crippen MR) is 138 cm³/mol. The molecule has 1 aromatic carbocycles. The summed E-state index contributed by atoms with van der Waals surface area (Å²) in [5.74, 6) is 2.75. The Bertz CT molecular complexity index is 1360. The van der Waals surface area contributed by atoms with E-state index in [2.05, 4.69) is 25.3 Å². The highest BCUT2D eigenvalue weighted by molar-refractivity contribution is 6.33. The molecule has 0 atom stereocenters. The molecule has 0 amide bonds. The van der Waals surface area contributed by atoms with Crippen LogP contribution >= 0.6 is 11.6 Å². The third-order valence-electron chi connectivity index (χ3n) is 6.29. The van der Waals surface area contributed by atoms with Crippen molar-refractivity contribution in [3.05, 3.63) is 64.0 Å². The van der Waals surface area contributed by atoms with Gasteiger partial charge in [0.05, 0.1) is 40.8 Å². The first-order chi connectivity index (χ1) is 17.5. The molecule has 36 heavy (non-hydrogen) atoms. The molecule has 0 spiro atoms. The molecule has 0 aliphatic carbocycles. The van der Waals surface area contributed by atoms with Gasteiger partial charge in [-0.3, -0.25) is 0 Å². The van der Waals surface area contributed by atoms with Crippen LogP contribution in [0.15, 0.2) is 35.2 Å². The summed E-state index contributed by atoms with van der Waals surface area (Å²) in [6.07, 6.45) is 4.34. The number of nitrogens with zero attached hydrogens (tertiary/aromatic N) is 6. The molecule has 186 valence electrons. The minimum atomic E-state index is 0.512. The van der Waals surface area contributed by atoms with Crippen LogP contribution in [0.2, 0.25) is 5.02 Å². The number of hydrogen-bond acceptors (Lipinski definition) is 9. The van der Waals surface area contributed by atoms with Crippen LogP contribution in [-0.2, 0) is 13.1 Å². The average molecular weight is 506 g/mol. The van der Waals surface area contributed by atoms with Gasteiger partial charge in [0.15, 0.2) is 5.82 Å². The largest absolute Gasteiger partial charge is 0.494 e. The Morgan fingerprint density at radius 3 is 2.78 bits per heavy atom. The first-order valence-corrected chi connectivity index (χ1v) is 12.3. The Labute approximate surface area is 214 Å². The average Bonchev–Trinajstić information content (AvgIpc) is 3.46. The third kappa shape index (κ3) is 4.64. The molecule has 5 rings (SSSR count). The molecule has 10 heteroatoms. The Morgan fingerprint density at radius 1 is 1.17 bits per heavy atom. The van der Waals surface area contributed by atoms with Crippen LogP contribution in [0.4, 0.5) is 5.82 Å². The fraction of sp³-hybridized carbons (Fsp3) is 0.346. The molecule has 0 saturated carbocycles. The zero-order valence-electron chi connectivity index (χ0n) is 20.8. The van der Waals surface area contributed by atoms with Crippen molar-refractivity contribution in [3.63, 3.8) is 0 Å². The lowest BCUT2D eigenvalue weighted by atomic mass is 10.0. The van der Waals surface area contributed by atoms with Crippen molar-refractivity contribution in [1.82, 2.24) is 30.4 Å². The number of fused-ring (bicyclic) bond motifs is 1. The third-order valence-corrected chi connectivity index (χ3v) is 6.62. The van der Waals surface area contributed by atoms with E-state index in [1.165, 1.54) is 0 Å². The van der Waals surface area contributed by atoms with Crippen molar-refractivity contribution in [2.75, 3.05) is 25.1 Å². The molecule has 0 bridgehead atoms. The molecule has 4 heterocycles. The second-order valence-corrected chi connectivity index (χ2v) is 9.25. The highest BCUT2D eigenvalue weighted by Crippen LogP contribution is 2.38. The molecule has 1 aliphatic heterocycles. The van der Waals surface area contributed by atoms with E-state index in [9.17, 15) is 0 Å². The molecule has 9 nitrogen and oxygen atoms in total. The highest BCUT2D eigenvalue weighted by atomic mass is 35.5. The van der Waals surface area contributed by atoms with Gasteiger partial charge in [0.2, 0.25) is 0 Å². The lowest BCUT2D eigenvalue weighted by molar-refractivity contribution is 0.310. The lowest BCUT2D eigenvalue weighted by Gasteiger charge is -2.21. The van der Waals surface area contributed by atoms with Gasteiger partial charge < -0.3 is 19.5 Å². The van der Waals surface area contributed by atoms with E-state index in [4.69, 9.17) is 30.8 Å². The van der Waals surface area contributed by atoms with Crippen LogP contribution in [0, 0.1) is 20.8 Å². The maximum atomic E-state index is 6.67. The molecule has 0 unspecified atom stereocenters. The van der Waals surface area contributed by atoms with E-state index < -0.39 is 0 Å². The van der Waals surface area contributed by atoms with E-state index in [1.54, 1.807) is 6.33 Å². The number of rotatable bonds is 8. The number of aromatic nitrogens is 5. The molecular weight excluding hydrogens is 478 g/mol. The van der Waals surface area contributed by atoms with Crippen molar-refractivity contribution in [3.8, 4) is 28.4 Å². The minimum absolute atomic E-state index is 0.512. The van der Waals surface area contributed by atoms with E-state index in [-0.39, 0.29) is 0 Å². The second-order valence-electron chi connectivity index (χ2n) is 8.84. The summed E-state index contributed by atoms with van der Waals surface area (Å²) in [6.45, 7) is 8.62.